The summed E-state index contributed by atoms with van der Waals surface area (Å²) in [5, 5.41) is 13.0. The SMILES string of the molecule is Nc1nc(Cc2cccc([N+](=O)[O-])c2)cs1. The zero-order valence-corrected chi connectivity index (χ0v) is 9.11. The predicted molar refractivity (Wildman–Crippen MR) is 62.4 cm³/mol. The third-order valence-electron chi connectivity index (χ3n) is 2.08. The Hall–Kier alpha value is -1.95. The summed E-state index contributed by atoms with van der Waals surface area (Å²) in [5.41, 5.74) is 7.30. The van der Waals surface area contributed by atoms with E-state index in [1.807, 2.05) is 11.4 Å². The number of aromatic nitrogens is 1. The molecule has 2 aromatic rings. The Morgan fingerprint density at radius 2 is 2.31 bits per heavy atom. The highest BCUT2D eigenvalue weighted by Gasteiger charge is 2.07. The second-order valence-electron chi connectivity index (χ2n) is 3.28. The summed E-state index contributed by atoms with van der Waals surface area (Å²) in [6.45, 7) is 0. The van der Waals surface area contributed by atoms with Gasteiger partial charge < -0.3 is 5.73 Å². The summed E-state index contributed by atoms with van der Waals surface area (Å²) in [7, 11) is 0. The van der Waals surface area contributed by atoms with Crippen LogP contribution in [0.5, 0.6) is 0 Å². The van der Waals surface area contributed by atoms with Crippen LogP contribution in [0.25, 0.3) is 0 Å². The Morgan fingerprint density at radius 1 is 1.50 bits per heavy atom. The van der Waals surface area contributed by atoms with Crippen LogP contribution >= 0.6 is 11.3 Å². The molecule has 0 saturated heterocycles. The van der Waals surface area contributed by atoms with Gasteiger partial charge in [0, 0.05) is 23.9 Å². The van der Waals surface area contributed by atoms with E-state index in [2.05, 4.69) is 4.98 Å². The van der Waals surface area contributed by atoms with Gasteiger partial charge in [-0.2, -0.15) is 0 Å². The molecule has 5 nitrogen and oxygen atoms in total. The summed E-state index contributed by atoms with van der Waals surface area (Å²) in [6.07, 6.45) is 0.565. The minimum Gasteiger partial charge on any atom is -0.375 e. The molecule has 16 heavy (non-hydrogen) atoms. The average molecular weight is 235 g/mol. The molecule has 0 fully saturated rings. The summed E-state index contributed by atoms with van der Waals surface area (Å²) in [4.78, 5) is 14.3. The number of benzene rings is 1. The quantitative estimate of drug-likeness (QED) is 0.653. The standard InChI is InChI=1S/C10H9N3O2S/c11-10-12-8(6-16-10)4-7-2-1-3-9(5-7)13(14)15/h1-3,5-6H,4H2,(H2,11,12). The molecule has 0 amide bonds. The van der Waals surface area contributed by atoms with E-state index in [-0.39, 0.29) is 5.69 Å². The minimum absolute atomic E-state index is 0.0979. The number of nitro groups is 1. The maximum absolute atomic E-state index is 10.6. The molecule has 1 aromatic heterocycles. The van der Waals surface area contributed by atoms with Crippen molar-refractivity contribution in [2.45, 2.75) is 6.42 Å². The van der Waals surface area contributed by atoms with E-state index in [1.54, 1.807) is 12.1 Å². The normalized spacial score (nSPS) is 10.2. The first-order valence-electron chi connectivity index (χ1n) is 4.58. The molecule has 0 aliphatic heterocycles. The molecular weight excluding hydrogens is 226 g/mol. The highest BCUT2D eigenvalue weighted by atomic mass is 32.1. The Labute approximate surface area is 95.7 Å². The molecule has 6 heteroatoms. The van der Waals surface area contributed by atoms with Crippen molar-refractivity contribution in [1.29, 1.82) is 0 Å². The Morgan fingerprint density at radius 3 is 2.94 bits per heavy atom. The predicted octanol–water partition coefficient (Wildman–Crippen LogP) is 2.22. The van der Waals surface area contributed by atoms with Crippen LogP contribution in [0, 0.1) is 10.1 Å². The second kappa shape index (κ2) is 4.28. The van der Waals surface area contributed by atoms with Gasteiger partial charge in [0.2, 0.25) is 0 Å². The second-order valence-corrected chi connectivity index (χ2v) is 4.17. The highest BCUT2D eigenvalue weighted by molar-refractivity contribution is 7.13. The van der Waals surface area contributed by atoms with Crippen molar-refractivity contribution in [3.05, 3.63) is 51.0 Å². The van der Waals surface area contributed by atoms with Gasteiger partial charge in [-0.1, -0.05) is 12.1 Å². The number of nitrogen functional groups attached to an aromatic ring is 1. The van der Waals surface area contributed by atoms with Gasteiger partial charge in [0.15, 0.2) is 5.13 Å². The first-order chi connectivity index (χ1) is 7.65. The van der Waals surface area contributed by atoms with Gasteiger partial charge in [-0.15, -0.1) is 11.3 Å². The number of anilines is 1. The molecule has 0 aliphatic carbocycles. The first kappa shape index (κ1) is 10.6. The summed E-state index contributed by atoms with van der Waals surface area (Å²) in [5.74, 6) is 0. The van der Waals surface area contributed by atoms with Crippen LogP contribution in [0.15, 0.2) is 29.6 Å². The molecule has 0 atom stereocenters. The van der Waals surface area contributed by atoms with E-state index in [0.717, 1.165) is 11.3 Å². The molecule has 2 N–H and O–H groups in total. The number of thiazole rings is 1. The molecule has 82 valence electrons. The topological polar surface area (TPSA) is 82.0 Å². The van der Waals surface area contributed by atoms with Gasteiger partial charge in [0.1, 0.15) is 0 Å². The minimum atomic E-state index is -0.404. The van der Waals surface area contributed by atoms with Crippen LogP contribution in [0.3, 0.4) is 0 Å². The van der Waals surface area contributed by atoms with Crippen LogP contribution in [0.1, 0.15) is 11.3 Å². The van der Waals surface area contributed by atoms with E-state index in [1.165, 1.54) is 17.4 Å². The zero-order chi connectivity index (χ0) is 11.5. The molecule has 1 heterocycles. The first-order valence-corrected chi connectivity index (χ1v) is 5.46. The number of rotatable bonds is 3. The lowest BCUT2D eigenvalue weighted by molar-refractivity contribution is -0.384. The van der Waals surface area contributed by atoms with Crippen LogP contribution in [-0.4, -0.2) is 9.91 Å². The lowest BCUT2D eigenvalue weighted by atomic mass is 10.1. The van der Waals surface area contributed by atoms with Crippen molar-refractivity contribution < 1.29 is 4.92 Å². The van der Waals surface area contributed by atoms with Crippen molar-refractivity contribution in [1.82, 2.24) is 4.98 Å². The third kappa shape index (κ3) is 2.34. The average Bonchev–Trinajstić information content (AvgIpc) is 2.64. The van der Waals surface area contributed by atoms with Crippen molar-refractivity contribution in [2.24, 2.45) is 0 Å². The number of nitrogens with two attached hydrogens (primary N) is 1. The monoisotopic (exact) mass is 235 g/mol. The lowest BCUT2D eigenvalue weighted by Gasteiger charge is -1.97. The van der Waals surface area contributed by atoms with Crippen LogP contribution < -0.4 is 5.73 Å². The number of hydrogen-bond acceptors (Lipinski definition) is 5. The molecule has 0 unspecified atom stereocenters. The van der Waals surface area contributed by atoms with Gasteiger partial charge in [0.05, 0.1) is 10.6 Å². The van der Waals surface area contributed by atoms with E-state index in [9.17, 15) is 10.1 Å². The molecule has 2 rings (SSSR count). The van der Waals surface area contributed by atoms with Crippen molar-refractivity contribution in [3.63, 3.8) is 0 Å². The van der Waals surface area contributed by atoms with Gasteiger partial charge in [-0.3, -0.25) is 10.1 Å². The number of nitrogens with zero attached hydrogens (tertiary/aromatic N) is 2. The molecule has 0 aliphatic rings. The molecule has 0 saturated carbocycles. The number of nitro benzene ring substituents is 1. The molecular formula is C10H9N3O2S. The number of hydrogen-bond donors (Lipinski definition) is 1. The van der Waals surface area contributed by atoms with E-state index in [0.29, 0.717) is 11.6 Å². The van der Waals surface area contributed by atoms with E-state index < -0.39 is 4.92 Å². The lowest BCUT2D eigenvalue weighted by Crippen LogP contribution is -1.92. The van der Waals surface area contributed by atoms with E-state index in [4.69, 9.17) is 5.73 Å². The van der Waals surface area contributed by atoms with Crippen molar-refractivity contribution in [2.75, 3.05) is 5.73 Å². The fourth-order valence-corrected chi connectivity index (χ4v) is 1.96. The maximum Gasteiger partial charge on any atom is 0.269 e. The fourth-order valence-electron chi connectivity index (χ4n) is 1.39. The molecule has 0 radical (unpaired) electrons. The molecule has 0 spiro atoms. The van der Waals surface area contributed by atoms with Crippen LogP contribution in [0.2, 0.25) is 0 Å². The Balaban J connectivity index is 2.21. The summed E-state index contributed by atoms with van der Waals surface area (Å²) >= 11 is 1.37. The van der Waals surface area contributed by atoms with Crippen molar-refractivity contribution >= 4 is 22.2 Å². The van der Waals surface area contributed by atoms with Crippen molar-refractivity contribution in [3.8, 4) is 0 Å². The highest BCUT2D eigenvalue weighted by Crippen LogP contribution is 2.18. The van der Waals surface area contributed by atoms with Crippen LogP contribution in [-0.2, 0) is 6.42 Å². The Kier molecular flexibility index (Phi) is 2.82. The smallest absolute Gasteiger partial charge is 0.269 e. The fraction of sp³-hybridized carbons (Fsp3) is 0.100. The van der Waals surface area contributed by atoms with Crippen LogP contribution in [0.4, 0.5) is 10.8 Å². The summed E-state index contributed by atoms with van der Waals surface area (Å²) < 4.78 is 0. The largest absolute Gasteiger partial charge is 0.375 e. The van der Waals surface area contributed by atoms with Gasteiger partial charge in [0.25, 0.3) is 5.69 Å². The summed E-state index contributed by atoms with van der Waals surface area (Å²) in [6, 6.07) is 6.53. The van der Waals surface area contributed by atoms with E-state index >= 15 is 0 Å². The maximum atomic E-state index is 10.6. The van der Waals surface area contributed by atoms with Gasteiger partial charge >= 0.3 is 0 Å². The van der Waals surface area contributed by atoms with Gasteiger partial charge in [-0.25, -0.2) is 4.98 Å². The number of non-ortho nitro benzene ring substituents is 1. The Bertz CT molecular complexity index is 524. The van der Waals surface area contributed by atoms with Gasteiger partial charge in [-0.05, 0) is 5.56 Å². The molecule has 1 aromatic carbocycles. The molecule has 0 bridgehead atoms. The zero-order valence-electron chi connectivity index (χ0n) is 8.29. The third-order valence-corrected chi connectivity index (χ3v) is 2.80.